The van der Waals surface area contributed by atoms with Gasteiger partial charge >= 0.3 is 5.97 Å². The summed E-state index contributed by atoms with van der Waals surface area (Å²) >= 11 is 0. The zero-order valence-electron chi connectivity index (χ0n) is 12.6. The van der Waals surface area contributed by atoms with Gasteiger partial charge in [-0.2, -0.15) is 0 Å². The number of nitro groups is 1. The maximum atomic E-state index is 12.0. The minimum Gasteiger partial charge on any atom is -0.475 e. The second kappa shape index (κ2) is 6.91. The minimum atomic E-state index is -0.723. The highest BCUT2D eigenvalue weighted by molar-refractivity contribution is 5.97. The van der Waals surface area contributed by atoms with Crippen LogP contribution in [0, 0.1) is 10.1 Å². The Morgan fingerprint density at radius 3 is 2.58 bits per heavy atom. The number of non-ortho nitro benzene ring substituents is 1. The Labute approximate surface area is 137 Å². The molecular formula is C17H14N2O5. The third-order valence-corrected chi connectivity index (χ3v) is 3.47. The molecule has 0 spiro atoms. The van der Waals surface area contributed by atoms with Crippen LogP contribution in [0.25, 0.3) is 0 Å². The van der Waals surface area contributed by atoms with Gasteiger partial charge in [0, 0.05) is 17.7 Å². The van der Waals surface area contributed by atoms with Gasteiger partial charge < -0.3 is 9.47 Å². The fraction of sp³-hybridized carbons (Fsp3) is 0.176. The number of ether oxygens (including phenoxy) is 2. The zero-order chi connectivity index (χ0) is 16.9. The van der Waals surface area contributed by atoms with Gasteiger partial charge in [0.1, 0.15) is 13.2 Å². The van der Waals surface area contributed by atoms with Crippen molar-refractivity contribution in [3.05, 3.63) is 75.8 Å². The van der Waals surface area contributed by atoms with Gasteiger partial charge in [-0.15, -0.1) is 0 Å². The maximum absolute atomic E-state index is 12.0. The van der Waals surface area contributed by atoms with Gasteiger partial charge in [0.25, 0.3) is 5.69 Å². The Kier molecular flexibility index (Phi) is 4.51. The molecule has 7 heteroatoms. The fourth-order valence-corrected chi connectivity index (χ4v) is 2.20. The second-order valence-corrected chi connectivity index (χ2v) is 5.16. The van der Waals surface area contributed by atoms with Crippen LogP contribution >= 0.6 is 0 Å². The Morgan fingerprint density at radius 1 is 1.21 bits per heavy atom. The number of rotatable bonds is 5. The summed E-state index contributed by atoms with van der Waals surface area (Å²) in [5.41, 5.74) is 1.46. The van der Waals surface area contributed by atoms with E-state index in [1.165, 1.54) is 24.3 Å². The van der Waals surface area contributed by atoms with Crippen LogP contribution in [-0.2, 0) is 20.9 Å². The van der Waals surface area contributed by atoms with Gasteiger partial charge in [0.2, 0.25) is 5.90 Å². The van der Waals surface area contributed by atoms with E-state index in [9.17, 15) is 14.9 Å². The highest BCUT2D eigenvalue weighted by Gasteiger charge is 2.28. The largest absolute Gasteiger partial charge is 0.475 e. The van der Waals surface area contributed by atoms with Crippen LogP contribution in [0.4, 0.5) is 5.69 Å². The molecule has 122 valence electrons. The SMILES string of the molecule is O=C(OCc1ccccc1)[C@@H]1COC(c2ccc([N+](=O)[O-])cc2)=N1. The van der Waals surface area contributed by atoms with Crippen LogP contribution in [0.5, 0.6) is 0 Å². The summed E-state index contributed by atoms with van der Waals surface area (Å²) in [5, 5.41) is 10.6. The number of nitro benzene ring substituents is 1. The van der Waals surface area contributed by atoms with Gasteiger partial charge in [-0.25, -0.2) is 9.79 Å². The molecule has 24 heavy (non-hydrogen) atoms. The standard InChI is InChI=1S/C17H14N2O5/c20-17(24-10-12-4-2-1-3-5-12)15-11-23-16(18-15)13-6-8-14(9-7-13)19(21)22/h1-9,15H,10-11H2/t15-/m0/s1. The Morgan fingerprint density at radius 2 is 1.92 bits per heavy atom. The predicted octanol–water partition coefficient (Wildman–Crippen LogP) is 2.48. The molecule has 0 saturated carbocycles. The van der Waals surface area contributed by atoms with Crippen molar-refractivity contribution in [2.75, 3.05) is 6.61 Å². The number of benzene rings is 2. The van der Waals surface area contributed by atoms with E-state index >= 15 is 0 Å². The van der Waals surface area contributed by atoms with Gasteiger partial charge in [-0.05, 0) is 17.7 Å². The van der Waals surface area contributed by atoms with Crippen LogP contribution in [-0.4, -0.2) is 29.4 Å². The first-order chi connectivity index (χ1) is 11.6. The number of aliphatic imine (C=N–C) groups is 1. The molecule has 7 nitrogen and oxygen atoms in total. The van der Waals surface area contributed by atoms with Crippen molar-refractivity contribution in [2.24, 2.45) is 4.99 Å². The Balaban J connectivity index is 1.62. The van der Waals surface area contributed by atoms with Crippen LogP contribution in [0.1, 0.15) is 11.1 Å². The highest BCUT2D eigenvalue weighted by atomic mass is 16.6. The maximum Gasteiger partial charge on any atom is 0.334 e. The van der Waals surface area contributed by atoms with Crippen LogP contribution < -0.4 is 0 Å². The van der Waals surface area contributed by atoms with Crippen molar-refractivity contribution in [1.29, 1.82) is 0 Å². The van der Waals surface area contributed by atoms with Crippen molar-refractivity contribution < 1.29 is 19.2 Å². The highest BCUT2D eigenvalue weighted by Crippen LogP contribution is 2.17. The molecule has 0 amide bonds. The summed E-state index contributed by atoms with van der Waals surface area (Å²) in [6.45, 7) is 0.276. The first-order valence-electron chi connectivity index (χ1n) is 7.29. The van der Waals surface area contributed by atoms with E-state index in [4.69, 9.17) is 9.47 Å². The molecule has 0 aliphatic carbocycles. The molecule has 1 aliphatic heterocycles. The molecule has 3 rings (SSSR count). The predicted molar refractivity (Wildman–Crippen MR) is 85.6 cm³/mol. The average Bonchev–Trinajstić information content (AvgIpc) is 3.11. The van der Waals surface area contributed by atoms with Crippen molar-refractivity contribution >= 4 is 17.6 Å². The van der Waals surface area contributed by atoms with E-state index in [-0.39, 0.29) is 24.8 Å². The van der Waals surface area contributed by atoms with Crippen LogP contribution in [0.15, 0.2) is 59.6 Å². The Hall–Kier alpha value is -3.22. The van der Waals surface area contributed by atoms with Gasteiger partial charge in [0.05, 0.1) is 4.92 Å². The number of hydrogen-bond donors (Lipinski definition) is 0. The van der Waals surface area contributed by atoms with E-state index in [0.717, 1.165) is 5.56 Å². The lowest BCUT2D eigenvalue weighted by Gasteiger charge is -2.06. The van der Waals surface area contributed by atoms with E-state index < -0.39 is 16.9 Å². The van der Waals surface area contributed by atoms with Gasteiger partial charge in [-0.3, -0.25) is 10.1 Å². The Bertz CT molecular complexity index is 771. The molecule has 1 heterocycles. The number of carbonyl (C=O) groups excluding carboxylic acids is 1. The van der Waals surface area contributed by atoms with E-state index in [0.29, 0.717) is 5.56 Å². The third kappa shape index (κ3) is 3.57. The summed E-state index contributed by atoms with van der Waals surface area (Å²) in [4.78, 5) is 26.4. The minimum absolute atomic E-state index is 0.0174. The number of carbonyl (C=O) groups is 1. The molecule has 0 fully saturated rings. The first kappa shape index (κ1) is 15.7. The quantitative estimate of drug-likeness (QED) is 0.478. The normalized spacial score (nSPS) is 16.2. The van der Waals surface area contributed by atoms with E-state index in [1.54, 1.807) is 0 Å². The summed E-state index contributed by atoms with van der Waals surface area (Å²) < 4.78 is 10.6. The summed E-state index contributed by atoms with van der Waals surface area (Å²) in [6.07, 6.45) is 0. The molecule has 1 aliphatic rings. The molecule has 1 atom stereocenters. The van der Waals surface area contributed by atoms with Gasteiger partial charge in [0.15, 0.2) is 6.04 Å². The first-order valence-corrected chi connectivity index (χ1v) is 7.29. The number of esters is 1. The van der Waals surface area contributed by atoms with Gasteiger partial charge in [-0.1, -0.05) is 30.3 Å². The second-order valence-electron chi connectivity index (χ2n) is 5.16. The summed E-state index contributed by atoms with van der Waals surface area (Å²) in [5.74, 6) is -0.178. The van der Waals surface area contributed by atoms with Crippen molar-refractivity contribution in [1.82, 2.24) is 0 Å². The molecule has 0 N–H and O–H groups in total. The van der Waals surface area contributed by atoms with Crippen LogP contribution in [0.3, 0.4) is 0 Å². The molecule has 0 saturated heterocycles. The van der Waals surface area contributed by atoms with E-state index in [1.807, 2.05) is 30.3 Å². The fourth-order valence-electron chi connectivity index (χ4n) is 2.20. The molecule has 0 bridgehead atoms. The monoisotopic (exact) mass is 326 g/mol. The average molecular weight is 326 g/mol. The topological polar surface area (TPSA) is 91.0 Å². The molecule has 2 aromatic carbocycles. The lowest BCUT2D eigenvalue weighted by atomic mass is 10.2. The molecule has 2 aromatic rings. The smallest absolute Gasteiger partial charge is 0.334 e. The lowest BCUT2D eigenvalue weighted by molar-refractivity contribution is -0.384. The van der Waals surface area contributed by atoms with Crippen LogP contribution in [0.2, 0.25) is 0 Å². The number of nitrogens with zero attached hydrogens (tertiary/aromatic N) is 2. The number of hydrogen-bond acceptors (Lipinski definition) is 6. The summed E-state index contributed by atoms with van der Waals surface area (Å²) in [7, 11) is 0. The zero-order valence-corrected chi connectivity index (χ0v) is 12.6. The molecular weight excluding hydrogens is 312 g/mol. The van der Waals surface area contributed by atoms with Crippen molar-refractivity contribution in [3.8, 4) is 0 Å². The lowest BCUT2D eigenvalue weighted by Crippen LogP contribution is -2.22. The molecule has 0 radical (unpaired) electrons. The van der Waals surface area contributed by atoms with E-state index in [2.05, 4.69) is 4.99 Å². The van der Waals surface area contributed by atoms with Crippen molar-refractivity contribution in [2.45, 2.75) is 12.6 Å². The third-order valence-electron chi connectivity index (χ3n) is 3.47. The molecule has 0 aromatic heterocycles. The molecule has 0 unspecified atom stereocenters. The summed E-state index contributed by atoms with van der Waals surface area (Å²) in [6, 6.07) is 14.4. The van der Waals surface area contributed by atoms with Crippen molar-refractivity contribution in [3.63, 3.8) is 0 Å².